The SMILES string of the molecule is C=CC(=O)Nc1ccc(N(C)c2cnc([C@H](C)Nc3nccc(N4C(=O)OC[C@@H]4C(C)C)n3)nc2)cc1.C=CC(=O)Nc1cccc(-c2cnc([C@H](C)Nc3nccc(N4C(=O)CC[C@@H]4C(C)C)n3)nc2)c1. The van der Waals surface area contributed by atoms with E-state index in [9.17, 15) is 19.2 Å². The maximum absolute atomic E-state index is 12.5. The van der Waals surface area contributed by atoms with Crippen LogP contribution in [-0.4, -0.2) is 89.4 Å². The number of cyclic esters (lactones) is 1. The fourth-order valence-corrected chi connectivity index (χ4v) is 7.97. The van der Waals surface area contributed by atoms with E-state index in [2.05, 4.69) is 88.1 Å². The van der Waals surface area contributed by atoms with Crippen LogP contribution >= 0.6 is 0 Å². The minimum atomic E-state index is -0.407. The zero-order valence-electron chi connectivity index (χ0n) is 41.4. The van der Waals surface area contributed by atoms with Crippen molar-refractivity contribution >= 4 is 70.1 Å². The first kappa shape index (κ1) is 51.2. The number of aromatic nitrogens is 8. The molecule has 0 saturated carbocycles. The number of anilines is 8. The highest BCUT2D eigenvalue weighted by Gasteiger charge is 2.37. The molecule has 4 amide bonds. The lowest BCUT2D eigenvalue weighted by Crippen LogP contribution is -2.37. The fraction of sp³-hybridized carbons (Fsp3) is 0.308. The van der Waals surface area contributed by atoms with Gasteiger partial charge in [-0.05, 0) is 98.4 Å². The number of nitrogens with zero attached hydrogens (tertiary/aromatic N) is 11. The molecule has 0 spiro atoms. The van der Waals surface area contributed by atoms with E-state index in [-0.39, 0.29) is 47.8 Å². The molecule has 2 aromatic carbocycles. The van der Waals surface area contributed by atoms with Crippen LogP contribution in [0.15, 0.2) is 123 Å². The van der Waals surface area contributed by atoms with E-state index in [4.69, 9.17) is 4.74 Å². The molecule has 72 heavy (non-hydrogen) atoms. The lowest BCUT2D eigenvalue weighted by molar-refractivity contribution is -0.117. The first-order valence-corrected chi connectivity index (χ1v) is 23.5. The molecule has 0 unspecified atom stereocenters. The predicted molar refractivity (Wildman–Crippen MR) is 278 cm³/mol. The highest BCUT2D eigenvalue weighted by molar-refractivity contribution is 6.00. The first-order valence-electron chi connectivity index (χ1n) is 23.5. The highest BCUT2D eigenvalue weighted by Crippen LogP contribution is 2.31. The van der Waals surface area contributed by atoms with Gasteiger partial charge in [0.25, 0.3) is 0 Å². The van der Waals surface area contributed by atoms with Gasteiger partial charge in [0, 0.05) is 66.9 Å². The molecule has 0 radical (unpaired) electrons. The van der Waals surface area contributed by atoms with Gasteiger partial charge in [0.1, 0.15) is 29.9 Å². The lowest BCUT2D eigenvalue weighted by atomic mass is 10.0. The molecule has 20 nitrogen and oxygen atoms in total. The van der Waals surface area contributed by atoms with Crippen molar-refractivity contribution in [2.45, 2.75) is 78.6 Å². The number of hydrogen-bond acceptors (Lipinski definition) is 16. The van der Waals surface area contributed by atoms with Gasteiger partial charge in [-0.15, -0.1) is 0 Å². The predicted octanol–water partition coefficient (Wildman–Crippen LogP) is 8.70. The molecule has 0 aliphatic carbocycles. The Morgan fingerprint density at radius 3 is 1.76 bits per heavy atom. The zero-order chi connectivity index (χ0) is 51.5. The molecular formula is C52H59N15O5. The van der Waals surface area contributed by atoms with Crippen molar-refractivity contribution in [1.29, 1.82) is 0 Å². The van der Waals surface area contributed by atoms with Crippen molar-refractivity contribution in [2.24, 2.45) is 11.8 Å². The Morgan fingerprint density at radius 2 is 1.21 bits per heavy atom. The fourth-order valence-electron chi connectivity index (χ4n) is 7.97. The second-order valence-corrected chi connectivity index (χ2v) is 17.8. The normalized spacial score (nSPS) is 16.0. The van der Waals surface area contributed by atoms with Crippen LogP contribution in [0.2, 0.25) is 0 Å². The van der Waals surface area contributed by atoms with Crippen molar-refractivity contribution in [1.82, 2.24) is 39.9 Å². The molecule has 4 atom stereocenters. The van der Waals surface area contributed by atoms with Crippen molar-refractivity contribution in [3.05, 3.63) is 135 Å². The molecule has 4 N–H and O–H groups in total. The summed E-state index contributed by atoms with van der Waals surface area (Å²) in [5.74, 6) is 3.14. The standard InChI is InChI=1S/C26H30N8O3.C26H29N7O2/c1-6-23(35)31-18-7-9-19(10-8-18)33(5)20-13-28-24(29-14-20)17(4)30-25-27-12-11-22(32-25)34-21(16(2)3)15-37-26(34)36;1-5-23(34)31-20-8-6-7-18(13-20)19-14-28-25(29-15-19)17(4)30-26-27-12-11-22(32-26)33-21(16(2)3)9-10-24(33)35/h6-14,16-17,21H,1,15H2,2-5H3,(H,31,35)(H,27,30,32);5-8,11-17,21H,1,9-10H2,2-4H3,(H,31,34)(H,27,30,32)/t2*17-,21+/m00/s1. The second kappa shape index (κ2) is 23.3. The molecular weight excluding hydrogens is 915 g/mol. The highest BCUT2D eigenvalue weighted by atomic mass is 16.6. The van der Waals surface area contributed by atoms with Crippen LogP contribution < -0.4 is 36.0 Å². The summed E-state index contributed by atoms with van der Waals surface area (Å²) in [7, 11) is 1.91. The van der Waals surface area contributed by atoms with E-state index in [1.54, 1.807) is 65.2 Å². The van der Waals surface area contributed by atoms with E-state index in [1.807, 2.05) is 82.1 Å². The monoisotopic (exact) mass is 973 g/mol. The van der Waals surface area contributed by atoms with Crippen molar-refractivity contribution in [3.63, 3.8) is 0 Å². The summed E-state index contributed by atoms with van der Waals surface area (Å²) in [5, 5.41) is 11.9. The van der Waals surface area contributed by atoms with Gasteiger partial charge in [0.15, 0.2) is 0 Å². The van der Waals surface area contributed by atoms with Gasteiger partial charge in [-0.1, -0.05) is 53.0 Å². The number of carbonyl (C=O) groups is 4. The topological polar surface area (TPSA) is 238 Å². The van der Waals surface area contributed by atoms with Crippen molar-refractivity contribution < 1.29 is 23.9 Å². The van der Waals surface area contributed by atoms with Gasteiger partial charge in [0.05, 0.1) is 36.2 Å². The van der Waals surface area contributed by atoms with Gasteiger partial charge < -0.3 is 30.9 Å². The Morgan fingerprint density at radius 1 is 0.667 bits per heavy atom. The summed E-state index contributed by atoms with van der Waals surface area (Å²) in [5.41, 5.74) is 4.75. The Kier molecular flexibility index (Phi) is 16.6. The largest absolute Gasteiger partial charge is 0.447 e. The number of amides is 4. The molecule has 0 bridgehead atoms. The minimum Gasteiger partial charge on any atom is -0.447 e. The average molecular weight is 974 g/mol. The van der Waals surface area contributed by atoms with Gasteiger partial charge >= 0.3 is 6.09 Å². The van der Waals surface area contributed by atoms with Crippen molar-refractivity contribution in [2.75, 3.05) is 49.6 Å². The van der Waals surface area contributed by atoms with E-state index < -0.39 is 6.09 Å². The number of hydrogen-bond donors (Lipinski definition) is 4. The third-order valence-corrected chi connectivity index (χ3v) is 12.0. The van der Waals surface area contributed by atoms with E-state index in [0.717, 1.165) is 28.9 Å². The van der Waals surface area contributed by atoms with Crippen LogP contribution in [-0.2, 0) is 19.1 Å². The quantitative estimate of drug-likeness (QED) is 0.0625. The van der Waals surface area contributed by atoms with Crippen LogP contribution in [0.4, 0.5) is 51.1 Å². The molecule has 6 aromatic rings. The summed E-state index contributed by atoms with van der Waals surface area (Å²) in [6.07, 6.45) is 13.6. The maximum Gasteiger partial charge on any atom is 0.415 e. The Bertz CT molecular complexity index is 2880. The average Bonchev–Trinajstić information content (AvgIpc) is 3.99. The number of nitrogens with one attached hydrogen (secondary N) is 4. The molecule has 372 valence electrons. The number of carbonyl (C=O) groups excluding carboxylic acids is 4. The summed E-state index contributed by atoms with van der Waals surface area (Å²) < 4.78 is 5.23. The Hall–Kier alpha value is -8.68. The van der Waals surface area contributed by atoms with E-state index in [0.29, 0.717) is 65.5 Å². The molecule has 6 heterocycles. The minimum absolute atomic E-state index is 0.0809. The third kappa shape index (κ3) is 12.6. The maximum atomic E-state index is 12.5. The van der Waals surface area contributed by atoms with Gasteiger partial charge in [-0.3, -0.25) is 24.2 Å². The van der Waals surface area contributed by atoms with Gasteiger partial charge in [0.2, 0.25) is 29.6 Å². The van der Waals surface area contributed by atoms with Crippen LogP contribution in [0, 0.1) is 11.8 Å². The molecule has 8 rings (SSSR count). The van der Waals surface area contributed by atoms with Gasteiger partial charge in [-0.25, -0.2) is 34.7 Å². The molecule has 20 heteroatoms. The van der Waals surface area contributed by atoms with Crippen molar-refractivity contribution in [3.8, 4) is 11.1 Å². The Labute approximate surface area is 418 Å². The van der Waals surface area contributed by atoms with Gasteiger partial charge in [-0.2, -0.15) is 9.97 Å². The van der Waals surface area contributed by atoms with Crippen LogP contribution in [0.3, 0.4) is 0 Å². The van der Waals surface area contributed by atoms with Crippen LogP contribution in [0.25, 0.3) is 11.1 Å². The third-order valence-electron chi connectivity index (χ3n) is 12.0. The Balaban J connectivity index is 0.000000212. The number of benzene rings is 2. The molecule has 2 saturated heterocycles. The van der Waals surface area contributed by atoms with Crippen LogP contribution in [0.1, 0.15) is 78.1 Å². The van der Waals surface area contributed by atoms with E-state index in [1.165, 1.54) is 12.2 Å². The summed E-state index contributed by atoms with van der Waals surface area (Å²) >= 11 is 0. The molecule has 2 aliphatic rings. The summed E-state index contributed by atoms with van der Waals surface area (Å²) in [6.45, 7) is 19.4. The molecule has 2 aliphatic heterocycles. The summed E-state index contributed by atoms with van der Waals surface area (Å²) in [4.78, 5) is 88.9. The second-order valence-electron chi connectivity index (χ2n) is 17.8. The van der Waals surface area contributed by atoms with Crippen LogP contribution in [0.5, 0.6) is 0 Å². The zero-order valence-corrected chi connectivity index (χ0v) is 41.4. The lowest BCUT2D eigenvalue weighted by Gasteiger charge is -2.27. The smallest absolute Gasteiger partial charge is 0.415 e. The summed E-state index contributed by atoms with van der Waals surface area (Å²) in [6, 6.07) is 17.8. The number of ether oxygens (including phenoxy) is 1. The number of rotatable bonds is 17. The first-order chi connectivity index (χ1) is 34.6. The van der Waals surface area contributed by atoms with E-state index >= 15 is 0 Å². The molecule has 4 aromatic heterocycles. The molecule has 2 fully saturated rings.